The first-order valence-corrected chi connectivity index (χ1v) is 48.5. The highest BCUT2D eigenvalue weighted by molar-refractivity contribution is 5.84. The summed E-state index contributed by atoms with van der Waals surface area (Å²) in [7, 11) is 0. The monoisotopic (exact) mass is 1790 g/mol. The van der Waals surface area contributed by atoms with Gasteiger partial charge in [-0.15, -0.1) is 0 Å². The molecular weight excluding hydrogens is 1670 g/mol. The first kappa shape index (κ1) is 93.8. The van der Waals surface area contributed by atoms with E-state index in [1.54, 1.807) is 0 Å². The maximum Gasteiger partial charge on any atom is 0.0464 e. The van der Waals surface area contributed by atoms with E-state index >= 15 is 0 Å². The van der Waals surface area contributed by atoms with Crippen molar-refractivity contribution >= 4 is 102 Å². The SMILES string of the molecule is Cc1ccc(N(c2ccc(C)cc2)c2ccc(CCc3ccc(N(c4ccc(C)cc4)c4ccc(-c5ccccc5)cc4)cc3)cc2)cc1.Cc1ccc(N(c2ccc(C)cc2)c2ccc(CCc3ccc(N(c4ccc(C)cc4)c4ccc(C)c(C)c4)cc3)cc2)cc1.Cc1ccc(N(c2ccc(C)cc2)c2ccc(CCc3ccc(N(c4ccc(C)cc4)c4ccc(C)cc4)cc3)cc2)cc1. The molecule has 0 aliphatic carbocycles. The highest BCUT2D eigenvalue weighted by Gasteiger charge is 2.21. The molecule has 0 bridgehead atoms. The molecule has 0 spiro atoms. The Hall–Kier alpha value is -16.0. The molecule has 138 heavy (non-hydrogen) atoms. The average Bonchev–Trinajstić information content (AvgIpc) is 0.805. The molecule has 0 aliphatic heterocycles. The van der Waals surface area contributed by atoms with Crippen LogP contribution in [0.1, 0.15) is 100 Å². The van der Waals surface area contributed by atoms with E-state index in [0.29, 0.717) is 0 Å². The van der Waals surface area contributed by atoms with Crippen LogP contribution in [0.25, 0.3) is 11.1 Å². The summed E-state index contributed by atoms with van der Waals surface area (Å²) in [4.78, 5) is 14.0. The second kappa shape index (κ2) is 44.4. The third-order valence-electron chi connectivity index (χ3n) is 26.2. The van der Waals surface area contributed by atoms with Gasteiger partial charge in [-0.1, -0.05) is 298 Å². The van der Waals surface area contributed by atoms with Crippen molar-refractivity contribution in [2.24, 2.45) is 0 Å². The van der Waals surface area contributed by atoms with Crippen LogP contribution >= 0.6 is 0 Å². The fourth-order valence-electron chi connectivity index (χ4n) is 17.7. The van der Waals surface area contributed by atoms with E-state index in [-0.39, 0.29) is 0 Å². The van der Waals surface area contributed by atoms with Crippen LogP contribution in [0.4, 0.5) is 102 Å². The minimum atomic E-state index is 0.982. The zero-order chi connectivity index (χ0) is 95.4. The molecule has 19 aromatic carbocycles. The van der Waals surface area contributed by atoms with Crippen LogP contribution in [0.2, 0.25) is 0 Å². The summed E-state index contributed by atoms with van der Waals surface area (Å²) in [6, 6.07) is 168. The van der Waals surface area contributed by atoms with Gasteiger partial charge in [0.05, 0.1) is 0 Å². The smallest absolute Gasteiger partial charge is 0.0464 e. The van der Waals surface area contributed by atoms with Crippen LogP contribution in [0, 0.1) is 83.1 Å². The van der Waals surface area contributed by atoms with Gasteiger partial charge in [0, 0.05) is 102 Å². The molecule has 19 aromatic rings. The molecule has 0 saturated heterocycles. The lowest BCUT2D eigenvalue weighted by molar-refractivity contribution is 0.959. The summed E-state index contributed by atoms with van der Waals surface area (Å²) < 4.78 is 0. The molecule has 0 N–H and O–H groups in total. The standard InChI is InChI=1S/C47H42N2.C43H42N2.C42H40N2/c1-35-9-23-42(24-10-35)48(43-25-11-36(2)12-26-43)45-29-17-38(18-30-45)15-16-39-19-31-46(32-20-39)49(44-27-13-37(3)14-28-44)47-33-21-41(22-34-47)40-7-5-4-6-8-40;1-31-6-19-38(20-7-31)44(39-21-8-32(2)9-22-39)41-26-15-36(16-27-41)13-14-37-17-28-42(29-18-37)45(40-23-10-33(3)11-24-40)43-25-12-34(4)35(5)30-43;1-31-5-19-37(20-6-31)43(38-21-7-32(2)8-22-38)41-27-15-35(16-28-41)13-14-36-17-29-42(30-18-36)44(39-23-9-33(3)10-24-39)40-25-11-34(4)12-26-40/h4-14,17-34H,15-16H2,1-3H3;6-12,15-30H,13-14H2,1-5H3;5-12,15-30H,13-14H2,1-4H3. The molecule has 19 rings (SSSR count). The Labute approximate surface area is 820 Å². The molecule has 6 nitrogen and oxygen atoms in total. The summed E-state index contributed by atoms with van der Waals surface area (Å²) in [5.74, 6) is 0. The zero-order valence-electron chi connectivity index (χ0n) is 81.8. The summed E-state index contributed by atoms with van der Waals surface area (Å²) in [5.41, 5.74) is 46.6. The number of hydrogen-bond donors (Lipinski definition) is 0. The molecule has 0 aliphatic rings. The number of rotatable bonds is 28. The Balaban J connectivity index is 0.000000143. The van der Waals surface area contributed by atoms with Gasteiger partial charge in [-0.05, 0) is 396 Å². The van der Waals surface area contributed by atoms with Crippen LogP contribution in [0.15, 0.2) is 461 Å². The normalized spacial score (nSPS) is 10.9. The number of benzene rings is 19. The number of aryl methyl sites for hydroxylation is 18. The highest BCUT2D eigenvalue weighted by atomic mass is 15.2. The van der Waals surface area contributed by atoms with Crippen LogP contribution < -0.4 is 29.4 Å². The number of nitrogens with zero attached hydrogens (tertiary/aromatic N) is 6. The van der Waals surface area contributed by atoms with E-state index in [2.05, 4.69) is 574 Å². The fourth-order valence-corrected chi connectivity index (χ4v) is 17.7. The lowest BCUT2D eigenvalue weighted by atomic mass is 10.0. The van der Waals surface area contributed by atoms with Crippen molar-refractivity contribution in [1.29, 1.82) is 0 Å². The molecule has 0 amide bonds. The van der Waals surface area contributed by atoms with Crippen molar-refractivity contribution in [1.82, 2.24) is 0 Å². The topological polar surface area (TPSA) is 19.4 Å². The molecule has 0 heterocycles. The van der Waals surface area contributed by atoms with Crippen molar-refractivity contribution in [3.63, 3.8) is 0 Å². The first-order chi connectivity index (χ1) is 67.3. The molecule has 682 valence electrons. The summed E-state index contributed by atoms with van der Waals surface area (Å²) in [6.07, 6.45) is 5.94. The average molecular weight is 1790 g/mol. The molecule has 0 unspecified atom stereocenters. The van der Waals surface area contributed by atoms with Crippen molar-refractivity contribution in [2.45, 2.75) is 122 Å². The van der Waals surface area contributed by atoms with Gasteiger partial charge in [0.15, 0.2) is 0 Å². The van der Waals surface area contributed by atoms with E-state index in [4.69, 9.17) is 0 Å². The van der Waals surface area contributed by atoms with Gasteiger partial charge in [-0.2, -0.15) is 0 Å². The summed E-state index contributed by atoms with van der Waals surface area (Å²) in [5, 5.41) is 0. The molecule has 0 saturated carbocycles. The van der Waals surface area contributed by atoms with Gasteiger partial charge in [0.25, 0.3) is 0 Å². The summed E-state index contributed by atoms with van der Waals surface area (Å²) >= 11 is 0. The summed E-state index contributed by atoms with van der Waals surface area (Å²) in [6.45, 7) is 25.7. The first-order valence-electron chi connectivity index (χ1n) is 48.5. The van der Waals surface area contributed by atoms with Crippen LogP contribution in [-0.2, 0) is 38.5 Å². The molecule has 0 radical (unpaired) electrons. The fraction of sp³-hybridized carbons (Fsp3) is 0.136. The quantitative estimate of drug-likeness (QED) is 0.0483. The minimum absolute atomic E-state index is 0.982. The van der Waals surface area contributed by atoms with E-state index in [1.165, 1.54) is 134 Å². The van der Waals surface area contributed by atoms with Crippen LogP contribution in [0.5, 0.6) is 0 Å². The van der Waals surface area contributed by atoms with Gasteiger partial charge in [-0.25, -0.2) is 0 Å². The second-order valence-corrected chi connectivity index (χ2v) is 37.0. The molecule has 0 atom stereocenters. The highest BCUT2D eigenvalue weighted by Crippen LogP contribution is 2.44. The van der Waals surface area contributed by atoms with Crippen molar-refractivity contribution in [3.8, 4) is 11.1 Å². The van der Waals surface area contributed by atoms with Crippen LogP contribution in [-0.4, -0.2) is 0 Å². The largest absolute Gasteiger partial charge is 0.311 e. The van der Waals surface area contributed by atoms with E-state index in [1.807, 2.05) is 0 Å². The third kappa shape index (κ3) is 24.0. The number of anilines is 18. The van der Waals surface area contributed by atoms with E-state index in [0.717, 1.165) is 118 Å². The Morgan fingerprint density at radius 1 is 0.116 bits per heavy atom. The zero-order valence-corrected chi connectivity index (χ0v) is 81.8. The number of hydrogen-bond acceptors (Lipinski definition) is 6. The molecule has 0 aromatic heterocycles. The Bertz CT molecular complexity index is 6770. The molecule has 6 heteroatoms. The predicted octanol–water partition coefficient (Wildman–Crippen LogP) is 36.6. The Morgan fingerprint density at radius 2 is 0.246 bits per heavy atom. The van der Waals surface area contributed by atoms with Gasteiger partial charge < -0.3 is 29.4 Å². The van der Waals surface area contributed by atoms with Gasteiger partial charge >= 0.3 is 0 Å². The van der Waals surface area contributed by atoms with E-state index < -0.39 is 0 Å². The lowest BCUT2D eigenvalue weighted by Gasteiger charge is -2.26. The Morgan fingerprint density at radius 3 is 0.406 bits per heavy atom. The van der Waals surface area contributed by atoms with Crippen molar-refractivity contribution in [2.75, 3.05) is 29.4 Å². The van der Waals surface area contributed by atoms with Gasteiger partial charge in [-0.3, -0.25) is 0 Å². The maximum atomic E-state index is 2.35. The lowest BCUT2D eigenvalue weighted by Crippen LogP contribution is -2.10. The minimum Gasteiger partial charge on any atom is -0.311 e. The van der Waals surface area contributed by atoms with Gasteiger partial charge in [0.1, 0.15) is 0 Å². The molecule has 0 fully saturated rings. The van der Waals surface area contributed by atoms with Crippen molar-refractivity contribution in [3.05, 3.63) is 561 Å². The van der Waals surface area contributed by atoms with Crippen molar-refractivity contribution < 1.29 is 0 Å². The molecular formula is C132H124N6. The maximum absolute atomic E-state index is 2.35. The third-order valence-corrected chi connectivity index (χ3v) is 26.2. The van der Waals surface area contributed by atoms with E-state index in [9.17, 15) is 0 Å². The second-order valence-electron chi connectivity index (χ2n) is 37.0. The predicted molar refractivity (Wildman–Crippen MR) is 591 cm³/mol. The Kier molecular flexibility index (Phi) is 30.2. The van der Waals surface area contributed by atoms with Gasteiger partial charge in [0.2, 0.25) is 0 Å². The van der Waals surface area contributed by atoms with Crippen LogP contribution in [0.3, 0.4) is 0 Å².